The lowest BCUT2D eigenvalue weighted by Gasteiger charge is -2.07. The number of phenols is 1. The van der Waals surface area contributed by atoms with Gasteiger partial charge in [0.1, 0.15) is 53.5 Å². The van der Waals surface area contributed by atoms with Crippen LogP contribution in [0.25, 0.3) is 0 Å². The molecule has 6 aromatic rings. The van der Waals surface area contributed by atoms with Gasteiger partial charge in [-0.15, -0.1) is 0 Å². The molecule has 222 valence electrons. The molecule has 0 fully saturated rings. The van der Waals surface area contributed by atoms with E-state index in [0.29, 0.717) is 19.0 Å². The largest absolute Gasteiger partial charge is 0.508 e. The molecular weight excluding hydrogens is 550 g/mol. The molecule has 44 heavy (non-hydrogen) atoms. The van der Waals surface area contributed by atoms with Crippen molar-refractivity contribution in [3.63, 3.8) is 0 Å². The minimum atomic E-state index is 0.241. The number of phenolic OH excluding ortho intramolecular Hbond substituents is 1. The van der Waals surface area contributed by atoms with Crippen molar-refractivity contribution in [2.75, 3.05) is 18.9 Å². The van der Waals surface area contributed by atoms with Gasteiger partial charge in [-0.3, -0.25) is 0 Å². The molecule has 6 aromatic carbocycles. The molecule has 0 unspecified atom stereocenters. The molecule has 0 saturated heterocycles. The third kappa shape index (κ3) is 11.9. The first-order valence-electron chi connectivity index (χ1n) is 14.1. The second kappa shape index (κ2) is 17.8. The van der Waals surface area contributed by atoms with Gasteiger partial charge in [0, 0.05) is 5.69 Å². The number of hydrogen-bond donors (Lipinski definition) is 2. The Labute approximate surface area is 258 Å². The Morgan fingerprint density at radius 2 is 0.659 bits per heavy atom. The first-order valence-corrected chi connectivity index (χ1v) is 14.1. The van der Waals surface area contributed by atoms with Crippen molar-refractivity contribution in [2.24, 2.45) is 0 Å². The van der Waals surface area contributed by atoms with Crippen LogP contribution in [0.5, 0.6) is 40.2 Å². The van der Waals surface area contributed by atoms with E-state index < -0.39 is 0 Å². The standard InChI is InChI=1S/C14H14O2.C12H11NO.C12H10O2/c1-3-7-13(8-4-1)15-11-12-16-14-9-5-2-6-10-14;2*13-10-6-8-12(9-7-10)14-11-4-2-1-3-5-11/h1-10H,11-12H2;1-9H,13H2;1-9,13H. The highest BCUT2D eigenvalue weighted by molar-refractivity contribution is 5.43. The van der Waals surface area contributed by atoms with E-state index in [1.54, 1.807) is 24.3 Å². The monoisotopic (exact) mass is 585 g/mol. The van der Waals surface area contributed by atoms with Gasteiger partial charge in [0.15, 0.2) is 0 Å². The summed E-state index contributed by atoms with van der Waals surface area (Å²) < 4.78 is 22.1. The lowest BCUT2D eigenvalue weighted by atomic mass is 10.3. The summed E-state index contributed by atoms with van der Waals surface area (Å²) in [4.78, 5) is 0. The maximum absolute atomic E-state index is 9.07. The fourth-order valence-corrected chi connectivity index (χ4v) is 3.65. The van der Waals surface area contributed by atoms with E-state index in [1.165, 1.54) is 0 Å². The summed E-state index contributed by atoms with van der Waals surface area (Å²) in [6, 6.07) is 52.6. The number of ether oxygens (including phenoxy) is 4. The van der Waals surface area contributed by atoms with Crippen molar-refractivity contribution in [3.8, 4) is 40.2 Å². The predicted molar refractivity (Wildman–Crippen MR) is 176 cm³/mol. The molecule has 0 aliphatic heterocycles. The minimum Gasteiger partial charge on any atom is -0.508 e. The Balaban J connectivity index is 0.000000151. The summed E-state index contributed by atoms with van der Waals surface area (Å²) >= 11 is 0. The first kappa shape index (κ1) is 31.1. The molecule has 0 radical (unpaired) electrons. The fourth-order valence-electron chi connectivity index (χ4n) is 3.65. The zero-order chi connectivity index (χ0) is 30.7. The number of rotatable bonds is 9. The molecule has 0 aromatic heterocycles. The molecule has 0 amide bonds. The topological polar surface area (TPSA) is 83.2 Å². The molecule has 0 aliphatic rings. The first-order chi connectivity index (χ1) is 21.6. The van der Waals surface area contributed by atoms with Gasteiger partial charge in [0.2, 0.25) is 0 Å². The Bertz CT molecular complexity index is 1460. The van der Waals surface area contributed by atoms with Crippen molar-refractivity contribution in [1.82, 2.24) is 0 Å². The van der Waals surface area contributed by atoms with Crippen LogP contribution in [0.1, 0.15) is 0 Å². The number of nitrogens with two attached hydrogens (primary N) is 1. The van der Waals surface area contributed by atoms with E-state index in [0.717, 1.165) is 34.4 Å². The van der Waals surface area contributed by atoms with Gasteiger partial charge in [-0.1, -0.05) is 72.8 Å². The highest BCUT2D eigenvalue weighted by Gasteiger charge is 1.97. The quantitative estimate of drug-likeness (QED) is 0.130. The number of nitrogen functional groups attached to an aromatic ring is 1. The van der Waals surface area contributed by atoms with Crippen LogP contribution >= 0.6 is 0 Å². The lowest BCUT2D eigenvalue weighted by molar-refractivity contribution is 0.217. The molecule has 0 bridgehead atoms. The van der Waals surface area contributed by atoms with Crippen LogP contribution in [0.3, 0.4) is 0 Å². The van der Waals surface area contributed by atoms with E-state index in [4.69, 9.17) is 29.8 Å². The van der Waals surface area contributed by atoms with Crippen LogP contribution in [-0.2, 0) is 0 Å². The summed E-state index contributed by atoms with van der Waals surface area (Å²) in [6.45, 7) is 1.11. The Morgan fingerprint density at radius 1 is 0.364 bits per heavy atom. The summed E-state index contributed by atoms with van der Waals surface area (Å²) in [7, 11) is 0. The normalized spacial score (nSPS) is 9.73. The van der Waals surface area contributed by atoms with Crippen molar-refractivity contribution in [2.45, 2.75) is 0 Å². The minimum absolute atomic E-state index is 0.241. The van der Waals surface area contributed by atoms with E-state index in [2.05, 4.69) is 0 Å². The maximum atomic E-state index is 9.07. The zero-order valence-electron chi connectivity index (χ0n) is 24.2. The van der Waals surface area contributed by atoms with Gasteiger partial charge in [-0.05, 0) is 97.1 Å². The molecule has 3 N–H and O–H groups in total. The Kier molecular flexibility index (Phi) is 12.6. The molecule has 6 heteroatoms. The number of benzene rings is 6. The number of hydrogen-bond acceptors (Lipinski definition) is 6. The molecule has 0 heterocycles. The average molecular weight is 586 g/mol. The van der Waals surface area contributed by atoms with E-state index in [1.807, 2.05) is 146 Å². The summed E-state index contributed by atoms with van der Waals surface area (Å²) in [5.74, 6) is 5.12. The second-order valence-corrected chi connectivity index (χ2v) is 9.22. The molecule has 6 rings (SSSR count). The summed E-state index contributed by atoms with van der Waals surface area (Å²) in [6.07, 6.45) is 0. The van der Waals surface area contributed by atoms with Crippen LogP contribution in [-0.4, -0.2) is 18.3 Å². The number of anilines is 1. The predicted octanol–water partition coefficient (Wildman–Crippen LogP) is 9.39. The van der Waals surface area contributed by atoms with Crippen molar-refractivity contribution >= 4 is 5.69 Å². The molecule has 0 spiro atoms. The van der Waals surface area contributed by atoms with Gasteiger partial charge < -0.3 is 29.8 Å². The molecule has 6 nitrogen and oxygen atoms in total. The third-order valence-electron chi connectivity index (χ3n) is 5.78. The molecular formula is C38H35NO5. The van der Waals surface area contributed by atoms with Gasteiger partial charge >= 0.3 is 0 Å². The van der Waals surface area contributed by atoms with Crippen LogP contribution in [0, 0.1) is 0 Å². The smallest absolute Gasteiger partial charge is 0.127 e. The van der Waals surface area contributed by atoms with Gasteiger partial charge in [0.25, 0.3) is 0 Å². The third-order valence-corrected chi connectivity index (χ3v) is 5.78. The van der Waals surface area contributed by atoms with E-state index in [-0.39, 0.29) is 5.75 Å². The highest BCUT2D eigenvalue weighted by Crippen LogP contribution is 2.23. The second-order valence-electron chi connectivity index (χ2n) is 9.22. The maximum Gasteiger partial charge on any atom is 0.127 e. The fraction of sp³-hybridized carbons (Fsp3) is 0.0526. The van der Waals surface area contributed by atoms with Gasteiger partial charge in [-0.2, -0.15) is 0 Å². The molecule has 0 atom stereocenters. The van der Waals surface area contributed by atoms with Crippen LogP contribution in [0.15, 0.2) is 170 Å². The SMILES string of the molecule is Nc1ccc(Oc2ccccc2)cc1.Oc1ccc(Oc2ccccc2)cc1.c1ccc(OCCOc2ccccc2)cc1. The van der Waals surface area contributed by atoms with Crippen molar-refractivity contribution in [3.05, 3.63) is 170 Å². The molecule has 0 saturated carbocycles. The van der Waals surface area contributed by atoms with Gasteiger partial charge in [-0.25, -0.2) is 0 Å². The Hall–Kier alpha value is -5.88. The van der Waals surface area contributed by atoms with Gasteiger partial charge in [0.05, 0.1) is 0 Å². The number of aromatic hydroxyl groups is 1. The van der Waals surface area contributed by atoms with E-state index in [9.17, 15) is 0 Å². The lowest BCUT2D eigenvalue weighted by Crippen LogP contribution is -2.08. The van der Waals surface area contributed by atoms with Crippen LogP contribution < -0.4 is 24.7 Å². The van der Waals surface area contributed by atoms with Crippen LogP contribution in [0.4, 0.5) is 5.69 Å². The van der Waals surface area contributed by atoms with Crippen LogP contribution in [0.2, 0.25) is 0 Å². The van der Waals surface area contributed by atoms with E-state index >= 15 is 0 Å². The van der Waals surface area contributed by atoms with Crippen molar-refractivity contribution in [1.29, 1.82) is 0 Å². The summed E-state index contributed by atoms with van der Waals surface area (Å²) in [5.41, 5.74) is 6.31. The zero-order valence-corrected chi connectivity index (χ0v) is 24.2. The molecule has 0 aliphatic carbocycles. The Morgan fingerprint density at radius 3 is 1.02 bits per heavy atom. The van der Waals surface area contributed by atoms with Crippen molar-refractivity contribution < 1.29 is 24.1 Å². The number of para-hydroxylation sites is 4. The highest BCUT2D eigenvalue weighted by atomic mass is 16.5. The average Bonchev–Trinajstić information content (AvgIpc) is 3.08. The summed E-state index contributed by atoms with van der Waals surface area (Å²) in [5, 5.41) is 9.07.